The SMILES string of the molecule is CC1CC=C(C(=O)N2CCOc3ccc(-c4ccc(N)nc4)cc3C2)S1. The van der Waals surface area contributed by atoms with Crippen LogP contribution in [0.5, 0.6) is 5.75 Å². The molecular formula is C20H21N3O2S. The maximum atomic E-state index is 12.9. The third-order valence-corrected chi connectivity index (χ3v) is 5.81. The topological polar surface area (TPSA) is 68.5 Å². The maximum absolute atomic E-state index is 12.9. The Labute approximate surface area is 157 Å². The fraction of sp³-hybridized carbons (Fsp3) is 0.300. The van der Waals surface area contributed by atoms with Crippen molar-refractivity contribution < 1.29 is 9.53 Å². The minimum absolute atomic E-state index is 0.107. The van der Waals surface area contributed by atoms with E-state index in [-0.39, 0.29) is 5.91 Å². The van der Waals surface area contributed by atoms with Gasteiger partial charge < -0.3 is 15.4 Å². The highest BCUT2D eigenvalue weighted by Gasteiger charge is 2.26. The second-order valence-corrected chi connectivity index (χ2v) is 8.08. The molecule has 0 bridgehead atoms. The molecule has 134 valence electrons. The molecule has 0 fully saturated rings. The molecule has 3 heterocycles. The van der Waals surface area contributed by atoms with Gasteiger partial charge in [0.1, 0.15) is 18.2 Å². The summed E-state index contributed by atoms with van der Waals surface area (Å²) in [7, 11) is 0. The van der Waals surface area contributed by atoms with E-state index in [1.165, 1.54) is 0 Å². The van der Waals surface area contributed by atoms with Gasteiger partial charge in [-0.05, 0) is 36.2 Å². The lowest BCUT2D eigenvalue weighted by Crippen LogP contribution is -2.32. The van der Waals surface area contributed by atoms with E-state index in [1.807, 2.05) is 23.1 Å². The van der Waals surface area contributed by atoms with Crippen molar-refractivity contribution in [2.45, 2.75) is 25.1 Å². The van der Waals surface area contributed by atoms with Gasteiger partial charge in [0, 0.05) is 29.1 Å². The third-order valence-electron chi connectivity index (χ3n) is 4.62. The molecular weight excluding hydrogens is 346 g/mol. The molecule has 2 N–H and O–H groups in total. The Hall–Kier alpha value is -2.47. The normalized spacial score (nSPS) is 19.3. The van der Waals surface area contributed by atoms with Crippen LogP contribution in [0.1, 0.15) is 18.9 Å². The Morgan fingerprint density at radius 3 is 2.88 bits per heavy atom. The number of rotatable bonds is 2. The number of nitrogen functional groups attached to an aromatic ring is 1. The largest absolute Gasteiger partial charge is 0.491 e. The van der Waals surface area contributed by atoms with Crippen molar-refractivity contribution in [2.75, 3.05) is 18.9 Å². The number of fused-ring (bicyclic) bond motifs is 1. The second-order valence-electron chi connectivity index (χ2n) is 6.60. The van der Waals surface area contributed by atoms with Crippen LogP contribution in [0.4, 0.5) is 5.82 Å². The number of nitrogens with zero attached hydrogens (tertiary/aromatic N) is 2. The van der Waals surface area contributed by atoms with Crippen LogP contribution in [0, 0.1) is 0 Å². The molecule has 6 heteroatoms. The third kappa shape index (κ3) is 3.42. The molecule has 0 radical (unpaired) electrons. The van der Waals surface area contributed by atoms with Gasteiger partial charge in [0.2, 0.25) is 0 Å². The van der Waals surface area contributed by atoms with Crippen LogP contribution in [-0.4, -0.2) is 34.2 Å². The van der Waals surface area contributed by atoms with E-state index in [4.69, 9.17) is 10.5 Å². The van der Waals surface area contributed by atoms with Crippen LogP contribution in [0.2, 0.25) is 0 Å². The van der Waals surface area contributed by atoms with E-state index in [0.717, 1.165) is 33.8 Å². The minimum atomic E-state index is 0.107. The quantitative estimate of drug-likeness (QED) is 0.880. The van der Waals surface area contributed by atoms with Gasteiger partial charge in [0.15, 0.2) is 0 Å². The predicted molar refractivity (Wildman–Crippen MR) is 105 cm³/mol. The second kappa shape index (κ2) is 7.03. The summed E-state index contributed by atoms with van der Waals surface area (Å²) in [6, 6.07) is 9.80. The number of carbonyl (C=O) groups is 1. The predicted octanol–water partition coefficient (Wildman–Crippen LogP) is 3.46. The molecule has 1 amide bonds. The first kappa shape index (κ1) is 17.0. The van der Waals surface area contributed by atoms with E-state index >= 15 is 0 Å². The van der Waals surface area contributed by atoms with Crippen molar-refractivity contribution in [3.63, 3.8) is 0 Å². The lowest BCUT2D eigenvalue weighted by atomic mass is 10.0. The monoisotopic (exact) mass is 367 g/mol. The number of allylic oxidation sites excluding steroid dienone is 1. The molecule has 1 atom stereocenters. The van der Waals surface area contributed by atoms with Gasteiger partial charge in [-0.25, -0.2) is 4.98 Å². The summed E-state index contributed by atoms with van der Waals surface area (Å²) in [5, 5.41) is 0.481. The number of thioether (sulfide) groups is 1. The lowest BCUT2D eigenvalue weighted by molar-refractivity contribution is -0.127. The first-order valence-corrected chi connectivity index (χ1v) is 9.62. The van der Waals surface area contributed by atoms with Crippen molar-refractivity contribution in [2.24, 2.45) is 0 Å². The zero-order valence-corrected chi connectivity index (χ0v) is 15.5. The number of amides is 1. The van der Waals surface area contributed by atoms with Crippen LogP contribution in [0.15, 0.2) is 47.5 Å². The Morgan fingerprint density at radius 1 is 1.31 bits per heavy atom. The van der Waals surface area contributed by atoms with Crippen LogP contribution in [0.25, 0.3) is 11.1 Å². The summed E-state index contributed by atoms with van der Waals surface area (Å²) in [6.45, 7) is 3.81. The molecule has 2 aromatic rings. The number of ether oxygens (including phenoxy) is 1. The molecule has 0 spiro atoms. The van der Waals surface area contributed by atoms with E-state index in [0.29, 0.717) is 30.8 Å². The summed E-state index contributed by atoms with van der Waals surface area (Å²) < 4.78 is 5.87. The van der Waals surface area contributed by atoms with Gasteiger partial charge in [-0.2, -0.15) is 0 Å². The first-order chi connectivity index (χ1) is 12.6. The lowest BCUT2D eigenvalue weighted by Gasteiger charge is -2.20. The van der Waals surface area contributed by atoms with Gasteiger partial charge in [0.25, 0.3) is 5.91 Å². The molecule has 26 heavy (non-hydrogen) atoms. The van der Waals surface area contributed by atoms with Crippen molar-refractivity contribution in [1.82, 2.24) is 9.88 Å². The Morgan fingerprint density at radius 2 is 2.15 bits per heavy atom. The number of anilines is 1. The zero-order chi connectivity index (χ0) is 18.1. The maximum Gasteiger partial charge on any atom is 0.260 e. The molecule has 1 aromatic heterocycles. The van der Waals surface area contributed by atoms with E-state index in [1.54, 1.807) is 24.0 Å². The smallest absolute Gasteiger partial charge is 0.260 e. The molecule has 1 aromatic carbocycles. The van der Waals surface area contributed by atoms with E-state index in [9.17, 15) is 4.79 Å². The number of carbonyl (C=O) groups excluding carboxylic acids is 1. The fourth-order valence-corrected chi connectivity index (χ4v) is 4.25. The highest BCUT2D eigenvalue weighted by molar-refractivity contribution is 8.04. The highest BCUT2D eigenvalue weighted by Crippen LogP contribution is 2.35. The van der Waals surface area contributed by atoms with Crippen molar-refractivity contribution >= 4 is 23.5 Å². The Bertz CT molecular complexity index is 864. The van der Waals surface area contributed by atoms with Gasteiger partial charge in [-0.1, -0.05) is 19.1 Å². The molecule has 0 aliphatic carbocycles. The standard InChI is InChI=1S/C20H21N3O2S/c1-13-2-6-18(26-13)20(24)23-8-9-25-17-5-3-14(10-16(17)12-23)15-4-7-19(21)22-11-15/h3-7,10-11,13H,2,8-9,12H2,1H3,(H2,21,22). The van der Waals surface area contributed by atoms with Crippen molar-refractivity contribution in [3.05, 3.63) is 53.1 Å². The summed E-state index contributed by atoms with van der Waals surface area (Å²) in [5.41, 5.74) is 8.72. The average Bonchev–Trinajstić information content (AvgIpc) is 2.97. The summed E-state index contributed by atoms with van der Waals surface area (Å²) >= 11 is 1.67. The summed E-state index contributed by atoms with van der Waals surface area (Å²) in [5.74, 6) is 1.45. The fourth-order valence-electron chi connectivity index (χ4n) is 3.20. The minimum Gasteiger partial charge on any atom is -0.491 e. The molecule has 1 unspecified atom stereocenters. The van der Waals surface area contributed by atoms with Gasteiger partial charge in [-0.15, -0.1) is 11.8 Å². The van der Waals surface area contributed by atoms with Crippen molar-refractivity contribution in [1.29, 1.82) is 0 Å². The van der Waals surface area contributed by atoms with Gasteiger partial charge in [-0.3, -0.25) is 4.79 Å². The number of pyridine rings is 1. The molecule has 0 saturated heterocycles. The highest BCUT2D eigenvalue weighted by atomic mass is 32.2. The molecule has 4 rings (SSSR count). The van der Waals surface area contributed by atoms with E-state index < -0.39 is 0 Å². The number of hydrogen-bond donors (Lipinski definition) is 1. The van der Waals surface area contributed by atoms with Gasteiger partial charge in [0.05, 0.1) is 11.4 Å². The Balaban J connectivity index is 1.59. The van der Waals surface area contributed by atoms with Crippen LogP contribution in [-0.2, 0) is 11.3 Å². The average molecular weight is 367 g/mol. The summed E-state index contributed by atoms with van der Waals surface area (Å²) in [6.07, 6.45) is 4.78. The zero-order valence-electron chi connectivity index (χ0n) is 14.6. The first-order valence-electron chi connectivity index (χ1n) is 8.74. The summed E-state index contributed by atoms with van der Waals surface area (Å²) in [4.78, 5) is 19.8. The number of aromatic nitrogens is 1. The molecule has 2 aliphatic rings. The number of hydrogen-bond acceptors (Lipinski definition) is 5. The van der Waals surface area contributed by atoms with Crippen LogP contribution < -0.4 is 10.5 Å². The molecule has 5 nitrogen and oxygen atoms in total. The van der Waals surface area contributed by atoms with Crippen LogP contribution in [0.3, 0.4) is 0 Å². The van der Waals surface area contributed by atoms with Crippen LogP contribution >= 0.6 is 11.8 Å². The molecule has 2 aliphatic heterocycles. The number of benzene rings is 1. The Kier molecular flexibility index (Phi) is 4.59. The van der Waals surface area contributed by atoms with Gasteiger partial charge >= 0.3 is 0 Å². The van der Waals surface area contributed by atoms with E-state index in [2.05, 4.69) is 24.1 Å². The van der Waals surface area contributed by atoms with Crippen molar-refractivity contribution in [3.8, 4) is 16.9 Å². The number of nitrogens with two attached hydrogens (primary N) is 1. The molecule has 0 saturated carbocycles.